The molecule has 1 saturated heterocycles. The average Bonchev–Trinajstić information content (AvgIpc) is 2.54. The number of thioether (sulfide) groups is 1. The zero-order valence-electron chi connectivity index (χ0n) is 8.81. The second kappa shape index (κ2) is 3.82. The van der Waals surface area contributed by atoms with Gasteiger partial charge in [-0.1, -0.05) is 26.7 Å². The molecule has 0 radical (unpaired) electrons. The lowest BCUT2D eigenvalue weighted by Crippen LogP contribution is -2.48. The van der Waals surface area contributed by atoms with Gasteiger partial charge in [0.15, 0.2) is 0 Å². The minimum atomic E-state index is 0.479. The molecule has 1 N–H and O–H groups in total. The molecular formula is C11H21NS. The first-order valence-electron chi connectivity index (χ1n) is 5.63. The summed E-state index contributed by atoms with van der Waals surface area (Å²) >= 11 is 2.19. The molecule has 1 aliphatic heterocycles. The van der Waals surface area contributed by atoms with Crippen molar-refractivity contribution in [2.24, 2.45) is 11.8 Å². The maximum atomic E-state index is 3.77. The zero-order chi connectivity index (χ0) is 9.31. The molecule has 1 saturated carbocycles. The van der Waals surface area contributed by atoms with Crippen molar-refractivity contribution in [1.29, 1.82) is 0 Å². The van der Waals surface area contributed by atoms with Crippen LogP contribution in [0.25, 0.3) is 0 Å². The fraction of sp³-hybridized carbons (Fsp3) is 1.00. The molecule has 0 aromatic heterocycles. The van der Waals surface area contributed by atoms with Crippen LogP contribution < -0.4 is 5.32 Å². The number of nitrogens with one attached hydrogen (secondary N) is 1. The van der Waals surface area contributed by atoms with Crippen LogP contribution in [0.4, 0.5) is 0 Å². The number of hydrogen-bond acceptors (Lipinski definition) is 2. The maximum Gasteiger partial charge on any atom is 0.0676 e. The molecule has 2 heteroatoms. The lowest BCUT2D eigenvalue weighted by Gasteiger charge is -2.43. The van der Waals surface area contributed by atoms with Crippen molar-refractivity contribution in [2.75, 3.05) is 12.3 Å². The molecule has 2 aliphatic rings. The fourth-order valence-electron chi connectivity index (χ4n) is 2.99. The lowest BCUT2D eigenvalue weighted by molar-refractivity contribution is 0.188. The van der Waals surface area contributed by atoms with E-state index in [4.69, 9.17) is 0 Å². The largest absolute Gasteiger partial charge is 0.302 e. The third-order valence-electron chi connectivity index (χ3n) is 3.60. The van der Waals surface area contributed by atoms with Crippen LogP contribution in [0.5, 0.6) is 0 Å². The Bertz CT molecular complexity index is 173. The molecule has 1 aliphatic carbocycles. The highest BCUT2D eigenvalue weighted by Gasteiger charge is 2.44. The second-order valence-corrected chi connectivity index (χ2v) is 6.19. The Labute approximate surface area is 86.0 Å². The van der Waals surface area contributed by atoms with E-state index in [1.54, 1.807) is 0 Å². The molecule has 1 spiro atoms. The van der Waals surface area contributed by atoms with E-state index in [1.807, 2.05) is 0 Å². The molecule has 2 atom stereocenters. The van der Waals surface area contributed by atoms with E-state index < -0.39 is 0 Å². The van der Waals surface area contributed by atoms with Gasteiger partial charge in [-0.3, -0.25) is 0 Å². The monoisotopic (exact) mass is 199 g/mol. The first kappa shape index (κ1) is 9.85. The molecular weight excluding hydrogens is 178 g/mol. The Morgan fingerprint density at radius 3 is 2.85 bits per heavy atom. The van der Waals surface area contributed by atoms with Crippen molar-refractivity contribution in [3.05, 3.63) is 0 Å². The minimum Gasteiger partial charge on any atom is -0.302 e. The Balaban J connectivity index is 2.12. The fourth-order valence-corrected chi connectivity index (χ4v) is 4.65. The summed E-state index contributed by atoms with van der Waals surface area (Å²) in [5.74, 6) is 3.08. The summed E-state index contributed by atoms with van der Waals surface area (Å²) in [6, 6.07) is 0. The van der Waals surface area contributed by atoms with Gasteiger partial charge in [-0.25, -0.2) is 0 Å². The van der Waals surface area contributed by atoms with Crippen LogP contribution in [0.3, 0.4) is 0 Å². The molecule has 13 heavy (non-hydrogen) atoms. The SMILES string of the molecule is CC(C)C1CCCCC12NCCS2. The summed E-state index contributed by atoms with van der Waals surface area (Å²) in [6.45, 7) is 6.00. The molecule has 1 heterocycles. The molecule has 2 fully saturated rings. The molecule has 1 nitrogen and oxygen atoms in total. The van der Waals surface area contributed by atoms with E-state index >= 15 is 0 Å². The van der Waals surface area contributed by atoms with Crippen molar-refractivity contribution in [1.82, 2.24) is 5.32 Å². The summed E-state index contributed by atoms with van der Waals surface area (Å²) in [5.41, 5.74) is 0. The first-order chi connectivity index (χ1) is 6.25. The lowest BCUT2D eigenvalue weighted by atomic mass is 9.77. The van der Waals surface area contributed by atoms with Crippen molar-refractivity contribution in [3.63, 3.8) is 0 Å². The molecule has 0 amide bonds. The highest BCUT2D eigenvalue weighted by atomic mass is 32.2. The van der Waals surface area contributed by atoms with Crippen LogP contribution in [0.2, 0.25) is 0 Å². The summed E-state index contributed by atoms with van der Waals surface area (Å²) in [5, 5.41) is 3.77. The van der Waals surface area contributed by atoms with E-state index in [1.165, 1.54) is 38.0 Å². The predicted molar refractivity (Wildman–Crippen MR) is 60.0 cm³/mol. The van der Waals surface area contributed by atoms with E-state index in [0.29, 0.717) is 4.87 Å². The summed E-state index contributed by atoms with van der Waals surface area (Å²) < 4.78 is 0. The van der Waals surface area contributed by atoms with Crippen molar-refractivity contribution < 1.29 is 0 Å². The average molecular weight is 199 g/mol. The highest BCUT2D eigenvalue weighted by Crippen LogP contribution is 2.47. The van der Waals surface area contributed by atoms with Gasteiger partial charge in [0.05, 0.1) is 4.87 Å². The highest BCUT2D eigenvalue weighted by molar-refractivity contribution is 8.00. The third kappa shape index (κ3) is 1.75. The molecule has 2 unspecified atom stereocenters. The van der Waals surface area contributed by atoms with Gasteiger partial charge in [0.1, 0.15) is 0 Å². The Morgan fingerprint density at radius 1 is 1.38 bits per heavy atom. The van der Waals surface area contributed by atoms with Gasteiger partial charge in [-0.05, 0) is 24.7 Å². The molecule has 0 bridgehead atoms. The normalized spacial score (nSPS) is 40.4. The van der Waals surface area contributed by atoms with Crippen molar-refractivity contribution in [3.8, 4) is 0 Å². The van der Waals surface area contributed by atoms with Gasteiger partial charge in [0.2, 0.25) is 0 Å². The van der Waals surface area contributed by atoms with E-state index in [2.05, 4.69) is 30.9 Å². The van der Waals surface area contributed by atoms with Crippen LogP contribution in [-0.2, 0) is 0 Å². The Kier molecular flexibility index (Phi) is 2.89. The van der Waals surface area contributed by atoms with E-state index in [9.17, 15) is 0 Å². The van der Waals surface area contributed by atoms with Crippen LogP contribution >= 0.6 is 11.8 Å². The quantitative estimate of drug-likeness (QED) is 0.697. The van der Waals surface area contributed by atoms with Gasteiger partial charge in [0, 0.05) is 12.3 Å². The van der Waals surface area contributed by atoms with E-state index in [0.717, 1.165) is 11.8 Å². The number of hydrogen-bond donors (Lipinski definition) is 1. The standard InChI is InChI=1S/C11H21NS/c1-9(2)10-5-3-4-6-11(10)12-7-8-13-11/h9-10,12H,3-8H2,1-2H3. The van der Waals surface area contributed by atoms with Gasteiger partial charge < -0.3 is 5.32 Å². The number of rotatable bonds is 1. The Hall–Kier alpha value is 0.310. The minimum absolute atomic E-state index is 0.479. The van der Waals surface area contributed by atoms with Gasteiger partial charge in [-0.15, -0.1) is 11.8 Å². The first-order valence-corrected chi connectivity index (χ1v) is 6.62. The molecule has 76 valence electrons. The van der Waals surface area contributed by atoms with Crippen LogP contribution in [0.1, 0.15) is 39.5 Å². The van der Waals surface area contributed by atoms with Crippen LogP contribution in [-0.4, -0.2) is 17.2 Å². The Morgan fingerprint density at radius 2 is 2.23 bits per heavy atom. The van der Waals surface area contributed by atoms with Gasteiger partial charge in [0.25, 0.3) is 0 Å². The predicted octanol–water partition coefficient (Wildman–Crippen LogP) is 2.87. The molecule has 0 aromatic carbocycles. The smallest absolute Gasteiger partial charge is 0.0676 e. The maximum absolute atomic E-state index is 3.77. The summed E-state index contributed by atoms with van der Waals surface area (Å²) in [7, 11) is 0. The van der Waals surface area contributed by atoms with Gasteiger partial charge in [-0.2, -0.15) is 0 Å². The van der Waals surface area contributed by atoms with Crippen molar-refractivity contribution in [2.45, 2.75) is 44.4 Å². The summed E-state index contributed by atoms with van der Waals surface area (Å²) in [4.78, 5) is 0.479. The molecule has 0 aromatic rings. The van der Waals surface area contributed by atoms with Crippen LogP contribution in [0.15, 0.2) is 0 Å². The third-order valence-corrected chi connectivity index (χ3v) is 5.18. The van der Waals surface area contributed by atoms with E-state index in [-0.39, 0.29) is 0 Å². The topological polar surface area (TPSA) is 12.0 Å². The summed E-state index contributed by atoms with van der Waals surface area (Å²) in [6.07, 6.45) is 5.73. The van der Waals surface area contributed by atoms with Gasteiger partial charge >= 0.3 is 0 Å². The van der Waals surface area contributed by atoms with Crippen molar-refractivity contribution >= 4 is 11.8 Å². The zero-order valence-corrected chi connectivity index (χ0v) is 9.62. The second-order valence-electron chi connectivity index (χ2n) is 4.76. The molecule has 2 rings (SSSR count). The van der Waals surface area contributed by atoms with Crippen LogP contribution in [0, 0.1) is 11.8 Å².